The van der Waals surface area contributed by atoms with E-state index < -0.39 is 0 Å². The van der Waals surface area contributed by atoms with Crippen LogP contribution in [0.2, 0.25) is 0 Å². The zero-order chi connectivity index (χ0) is 10.7. The number of aldehydes is 1. The molecule has 0 amide bonds. The Morgan fingerprint density at radius 1 is 1.20 bits per heavy atom. The van der Waals surface area contributed by atoms with Crippen molar-refractivity contribution in [1.29, 1.82) is 0 Å². The van der Waals surface area contributed by atoms with Gasteiger partial charge in [0.05, 0.1) is 0 Å². The van der Waals surface area contributed by atoms with Gasteiger partial charge in [0, 0.05) is 11.8 Å². The van der Waals surface area contributed by atoms with Crippen LogP contribution in [0.25, 0.3) is 11.4 Å². The van der Waals surface area contributed by atoms with Crippen LogP contribution in [0.4, 0.5) is 0 Å². The predicted molar refractivity (Wildman–Crippen MR) is 57.6 cm³/mol. The minimum atomic E-state index is 0.448. The summed E-state index contributed by atoms with van der Waals surface area (Å²) in [6, 6.07) is 9.59. The molecule has 2 aromatic rings. The van der Waals surface area contributed by atoms with Crippen LogP contribution in [0, 0.1) is 6.92 Å². The maximum Gasteiger partial charge on any atom is 0.168 e. The van der Waals surface area contributed by atoms with E-state index in [1.165, 1.54) is 0 Å². The fourth-order valence-electron chi connectivity index (χ4n) is 1.30. The molecular weight excluding hydrogens is 188 g/mol. The third-order valence-corrected chi connectivity index (χ3v) is 2.15. The number of benzene rings is 1. The van der Waals surface area contributed by atoms with E-state index in [-0.39, 0.29) is 0 Å². The molecule has 0 aliphatic rings. The highest BCUT2D eigenvalue weighted by Crippen LogP contribution is 2.14. The van der Waals surface area contributed by atoms with Crippen LogP contribution in [0.3, 0.4) is 0 Å². The molecule has 0 N–H and O–H groups in total. The average molecular weight is 198 g/mol. The summed E-state index contributed by atoms with van der Waals surface area (Å²) in [7, 11) is 0. The highest BCUT2D eigenvalue weighted by molar-refractivity contribution is 5.75. The van der Waals surface area contributed by atoms with Crippen molar-refractivity contribution in [2.75, 3.05) is 0 Å². The van der Waals surface area contributed by atoms with Gasteiger partial charge in [0.2, 0.25) is 0 Å². The van der Waals surface area contributed by atoms with Gasteiger partial charge in [-0.25, -0.2) is 9.97 Å². The maximum atomic E-state index is 10.7. The minimum Gasteiger partial charge on any atom is -0.296 e. The van der Waals surface area contributed by atoms with Crippen molar-refractivity contribution in [3.63, 3.8) is 0 Å². The van der Waals surface area contributed by atoms with E-state index in [0.29, 0.717) is 11.5 Å². The van der Waals surface area contributed by atoms with E-state index in [0.717, 1.165) is 17.4 Å². The van der Waals surface area contributed by atoms with Crippen LogP contribution in [0.5, 0.6) is 0 Å². The molecule has 15 heavy (non-hydrogen) atoms. The topological polar surface area (TPSA) is 42.9 Å². The van der Waals surface area contributed by atoms with Gasteiger partial charge in [0.15, 0.2) is 12.1 Å². The summed E-state index contributed by atoms with van der Waals surface area (Å²) in [5.74, 6) is 0.586. The number of rotatable bonds is 2. The molecule has 0 saturated carbocycles. The highest BCUT2D eigenvalue weighted by atomic mass is 16.1. The fourth-order valence-corrected chi connectivity index (χ4v) is 1.30. The molecule has 1 heterocycles. The Bertz CT molecular complexity index is 480. The van der Waals surface area contributed by atoms with Crippen molar-refractivity contribution in [2.24, 2.45) is 0 Å². The fraction of sp³-hybridized carbons (Fsp3) is 0.0833. The molecule has 0 atom stereocenters. The summed E-state index contributed by atoms with van der Waals surface area (Å²) < 4.78 is 0. The van der Waals surface area contributed by atoms with Crippen molar-refractivity contribution in [2.45, 2.75) is 6.92 Å². The minimum absolute atomic E-state index is 0.448. The first-order valence-electron chi connectivity index (χ1n) is 4.65. The molecule has 0 aliphatic carbocycles. The van der Waals surface area contributed by atoms with E-state index in [1.807, 2.05) is 37.3 Å². The average Bonchev–Trinajstić information content (AvgIpc) is 2.31. The Labute approximate surface area is 87.8 Å². The van der Waals surface area contributed by atoms with Crippen molar-refractivity contribution in [1.82, 2.24) is 9.97 Å². The molecule has 0 fully saturated rings. The third-order valence-electron chi connectivity index (χ3n) is 2.15. The zero-order valence-corrected chi connectivity index (χ0v) is 8.34. The van der Waals surface area contributed by atoms with Gasteiger partial charge in [-0.2, -0.15) is 0 Å². The van der Waals surface area contributed by atoms with Gasteiger partial charge >= 0.3 is 0 Å². The zero-order valence-electron chi connectivity index (χ0n) is 8.34. The van der Waals surface area contributed by atoms with Crippen LogP contribution in [-0.2, 0) is 0 Å². The summed E-state index contributed by atoms with van der Waals surface area (Å²) in [5.41, 5.74) is 2.16. The summed E-state index contributed by atoms with van der Waals surface area (Å²) in [6.07, 6.45) is 2.42. The number of aryl methyl sites for hydroxylation is 1. The molecule has 1 aromatic carbocycles. The van der Waals surface area contributed by atoms with Crippen LogP contribution in [0.1, 0.15) is 16.1 Å². The lowest BCUT2D eigenvalue weighted by atomic mass is 10.2. The number of hydrogen-bond acceptors (Lipinski definition) is 3. The summed E-state index contributed by atoms with van der Waals surface area (Å²) in [5, 5.41) is 0. The quantitative estimate of drug-likeness (QED) is 0.695. The largest absolute Gasteiger partial charge is 0.296 e. The van der Waals surface area contributed by atoms with Gasteiger partial charge in [-0.3, -0.25) is 4.79 Å². The predicted octanol–water partition coefficient (Wildman–Crippen LogP) is 2.26. The Morgan fingerprint density at radius 2 is 1.93 bits per heavy atom. The Balaban J connectivity index is 2.51. The normalized spacial score (nSPS) is 9.93. The molecule has 2 rings (SSSR count). The van der Waals surface area contributed by atoms with Crippen LogP contribution >= 0.6 is 0 Å². The highest BCUT2D eigenvalue weighted by Gasteiger charge is 2.04. The van der Waals surface area contributed by atoms with Gasteiger partial charge in [-0.15, -0.1) is 0 Å². The van der Waals surface area contributed by atoms with Crippen molar-refractivity contribution in [3.8, 4) is 11.4 Å². The van der Waals surface area contributed by atoms with Gasteiger partial charge < -0.3 is 0 Å². The molecule has 0 unspecified atom stereocenters. The summed E-state index contributed by atoms with van der Waals surface area (Å²) in [4.78, 5) is 19.1. The first-order chi connectivity index (χ1) is 7.31. The Hall–Kier alpha value is -2.03. The van der Waals surface area contributed by atoms with E-state index in [2.05, 4.69) is 9.97 Å². The first kappa shape index (κ1) is 9.52. The SMILES string of the molecule is Cc1cnc(-c2ccccc2)nc1C=O. The van der Waals surface area contributed by atoms with Crippen molar-refractivity contribution >= 4 is 6.29 Å². The smallest absolute Gasteiger partial charge is 0.168 e. The van der Waals surface area contributed by atoms with E-state index in [4.69, 9.17) is 0 Å². The number of aromatic nitrogens is 2. The standard InChI is InChI=1S/C12H10N2O/c1-9-7-13-12(14-11(9)8-15)10-5-3-2-4-6-10/h2-8H,1H3. The molecule has 0 spiro atoms. The number of carbonyl (C=O) groups excluding carboxylic acids is 1. The molecule has 0 saturated heterocycles. The first-order valence-corrected chi connectivity index (χ1v) is 4.65. The van der Waals surface area contributed by atoms with Crippen LogP contribution < -0.4 is 0 Å². The van der Waals surface area contributed by atoms with Gasteiger partial charge in [0.25, 0.3) is 0 Å². The van der Waals surface area contributed by atoms with Crippen molar-refractivity contribution < 1.29 is 4.79 Å². The molecule has 0 aliphatic heterocycles. The Morgan fingerprint density at radius 3 is 2.60 bits per heavy atom. The molecular formula is C12H10N2O. The van der Waals surface area contributed by atoms with Gasteiger partial charge in [0.1, 0.15) is 5.69 Å². The second-order valence-electron chi connectivity index (χ2n) is 3.25. The molecule has 1 aromatic heterocycles. The van der Waals surface area contributed by atoms with Crippen LogP contribution in [-0.4, -0.2) is 16.3 Å². The monoisotopic (exact) mass is 198 g/mol. The van der Waals surface area contributed by atoms with E-state index in [1.54, 1.807) is 6.20 Å². The van der Waals surface area contributed by atoms with Crippen LogP contribution in [0.15, 0.2) is 36.5 Å². The van der Waals surface area contributed by atoms with E-state index >= 15 is 0 Å². The van der Waals surface area contributed by atoms with Gasteiger partial charge in [-0.1, -0.05) is 30.3 Å². The molecule has 3 nitrogen and oxygen atoms in total. The lowest BCUT2D eigenvalue weighted by Crippen LogP contribution is -1.97. The maximum absolute atomic E-state index is 10.7. The molecule has 3 heteroatoms. The van der Waals surface area contributed by atoms with Crippen molar-refractivity contribution in [3.05, 3.63) is 47.8 Å². The molecule has 0 bridgehead atoms. The number of hydrogen-bond donors (Lipinski definition) is 0. The molecule has 74 valence electrons. The third kappa shape index (κ3) is 1.91. The Kier molecular flexibility index (Phi) is 2.54. The lowest BCUT2D eigenvalue weighted by molar-refractivity contribution is 0.111. The van der Waals surface area contributed by atoms with E-state index in [9.17, 15) is 4.79 Å². The number of nitrogens with zero attached hydrogens (tertiary/aromatic N) is 2. The molecule has 0 radical (unpaired) electrons. The summed E-state index contributed by atoms with van der Waals surface area (Å²) >= 11 is 0. The second kappa shape index (κ2) is 4.00. The second-order valence-corrected chi connectivity index (χ2v) is 3.25. The lowest BCUT2D eigenvalue weighted by Gasteiger charge is -2.01. The van der Waals surface area contributed by atoms with Gasteiger partial charge in [-0.05, 0) is 12.5 Å². The summed E-state index contributed by atoms with van der Waals surface area (Å²) in [6.45, 7) is 1.82. The number of carbonyl (C=O) groups is 1.